The maximum absolute atomic E-state index is 13.0. The van der Waals surface area contributed by atoms with Gasteiger partial charge in [-0.1, -0.05) is 26.2 Å². The van der Waals surface area contributed by atoms with E-state index in [1.165, 1.54) is 11.3 Å². The van der Waals surface area contributed by atoms with E-state index in [0.29, 0.717) is 23.8 Å². The van der Waals surface area contributed by atoms with E-state index >= 15 is 0 Å². The number of thiophene rings is 1. The van der Waals surface area contributed by atoms with Crippen LogP contribution in [0.1, 0.15) is 39.5 Å². The molecule has 1 aromatic heterocycles. The van der Waals surface area contributed by atoms with Crippen LogP contribution in [0.15, 0.2) is 10.8 Å². The fourth-order valence-corrected chi connectivity index (χ4v) is 7.72. The third-order valence-electron chi connectivity index (χ3n) is 3.06. The van der Waals surface area contributed by atoms with E-state index < -0.39 is 14.7 Å². The molecule has 1 atom stereocenters. The summed E-state index contributed by atoms with van der Waals surface area (Å²) in [5, 5.41) is 4.65. The van der Waals surface area contributed by atoms with Crippen molar-refractivity contribution in [2.45, 2.75) is 39.5 Å². The van der Waals surface area contributed by atoms with Crippen LogP contribution < -0.4 is 10.6 Å². The topological polar surface area (TPSA) is 52.6 Å². The smallest absolute Gasteiger partial charge is 0.319 e. The molecule has 0 radical (unpaired) electrons. The van der Waals surface area contributed by atoms with E-state index in [0.717, 1.165) is 25.7 Å². The second-order valence-electron chi connectivity index (χ2n) is 5.30. The van der Waals surface area contributed by atoms with Crippen LogP contribution >= 0.6 is 26.1 Å². The van der Waals surface area contributed by atoms with Gasteiger partial charge in [0.1, 0.15) is 7.14 Å². The van der Waals surface area contributed by atoms with Gasteiger partial charge in [-0.15, -0.1) is 0 Å². The molecule has 0 saturated heterocycles. The Balaban J connectivity index is 2.88. The van der Waals surface area contributed by atoms with Crippen molar-refractivity contribution < 1.29 is 18.2 Å². The van der Waals surface area contributed by atoms with E-state index in [-0.39, 0.29) is 0 Å². The number of unbranched alkanes of at least 4 members (excludes halogenated alkanes) is 3. The summed E-state index contributed by atoms with van der Waals surface area (Å²) in [6.45, 7) is 8.00. The van der Waals surface area contributed by atoms with Crippen LogP contribution in [0, 0.1) is 0 Å². The molecular weight excluding hydrogens is 326 g/mol. The van der Waals surface area contributed by atoms with Gasteiger partial charge in [-0.2, -0.15) is 11.3 Å². The Morgan fingerprint density at radius 3 is 2.24 bits per heavy atom. The summed E-state index contributed by atoms with van der Waals surface area (Å²) in [5.41, 5.74) is 0. The maximum atomic E-state index is 13.0. The molecule has 0 aliphatic rings. The van der Waals surface area contributed by atoms with E-state index in [1.54, 1.807) is 31.0 Å². The van der Waals surface area contributed by atoms with Crippen molar-refractivity contribution in [3.63, 3.8) is 0 Å². The molecule has 4 nitrogen and oxygen atoms in total. The molecular formula is C14H26O4P2S. The molecule has 1 aromatic rings. The quantitative estimate of drug-likeness (QED) is 0.461. The number of hydrogen-bond acceptors (Lipinski definition) is 5. The highest BCUT2D eigenvalue weighted by atomic mass is 32.1. The second kappa shape index (κ2) is 8.64. The molecule has 1 unspecified atom stereocenters. The zero-order valence-corrected chi connectivity index (χ0v) is 15.9. The molecule has 21 heavy (non-hydrogen) atoms. The van der Waals surface area contributed by atoms with Gasteiger partial charge < -0.3 is 13.6 Å². The van der Waals surface area contributed by atoms with Crippen LogP contribution in [0.4, 0.5) is 0 Å². The molecule has 0 aromatic carbocycles. The standard InChI is InChI=1S/C14H26O4P2S/c1-5-7-8-9-10-18-20(16,17-6-2)14-12-21-11-13(14)19(3,4)15/h11-12H,5-10H2,1-4H3. The van der Waals surface area contributed by atoms with Crippen molar-refractivity contribution >= 4 is 36.7 Å². The largest absolute Gasteiger partial charge is 0.362 e. The Bertz CT molecular complexity index is 521. The molecule has 0 spiro atoms. The van der Waals surface area contributed by atoms with Crippen molar-refractivity contribution in [1.29, 1.82) is 0 Å². The summed E-state index contributed by atoms with van der Waals surface area (Å²) in [5.74, 6) is 0. The molecule has 0 bridgehead atoms. The summed E-state index contributed by atoms with van der Waals surface area (Å²) in [4.78, 5) is 0. The van der Waals surface area contributed by atoms with Gasteiger partial charge in [0.05, 0.1) is 18.5 Å². The molecule has 0 N–H and O–H groups in total. The van der Waals surface area contributed by atoms with E-state index in [1.807, 2.05) is 0 Å². The summed E-state index contributed by atoms with van der Waals surface area (Å²) in [6.07, 6.45) is 4.21. The third kappa shape index (κ3) is 5.65. The maximum Gasteiger partial charge on any atom is 0.362 e. The molecule has 0 saturated carbocycles. The van der Waals surface area contributed by atoms with Gasteiger partial charge in [0.2, 0.25) is 0 Å². The average Bonchev–Trinajstić information content (AvgIpc) is 2.88. The van der Waals surface area contributed by atoms with Crippen LogP contribution in [0.5, 0.6) is 0 Å². The van der Waals surface area contributed by atoms with Crippen molar-refractivity contribution in [3.05, 3.63) is 10.8 Å². The van der Waals surface area contributed by atoms with Crippen LogP contribution in [0.2, 0.25) is 0 Å². The van der Waals surface area contributed by atoms with Crippen molar-refractivity contribution in [1.82, 2.24) is 0 Å². The SMILES string of the molecule is CCCCCCOP(=O)(OCC)c1cscc1P(C)(C)=O. The summed E-state index contributed by atoms with van der Waals surface area (Å²) in [7, 11) is -5.87. The lowest BCUT2D eigenvalue weighted by molar-refractivity contribution is 0.217. The Labute approximate surface area is 132 Å². The first-order chi connectivity index (χ1) is 9.85. The third-order valence-corrected chi connectivity index (χ3v) is 7.94. The molecule has 1 heterocycles. The number of rotatable bonds is 10. The van der Waals surface area contributed by atoms with Crippen molar-refractivity contribution in [3.8, 4) is 0 Å². The molecule has 0 aliphatic heterocycles. The summed E-state index contributed by atoms with van der Waals surface area (Å²) in [6, 6.07) is 0. The molecule has 1 rings (SSSR count). The first-order valence-electron chi connectivity index (χ1n) is 7.36. The van der Waals surface area contributed by atoms with Gasteiger partial charge in [-0.25, -0.2) is 0 Å². The predicted octanol–water partition coefficient (Wildman–Crippen LogP) is 4.45. The molecule has 0 aliphatic carbocycles. The second-order valence-corrected chi connectivity index (χ2v) is 11.2. The van der Waals surface area contributed by atoms with Gasteiger partial charge in [-0.3, -0.25) is 4.57 Å². The first kappa shape index (κ1) is 19.1. The predicted molar refractivity (Wildman–Crippen MR) is 92.4 cm³/mol. The Morgan fingerprint density at radius 2 is 1.67 bits per heavy atom. The highest BCUT2D eigenvalue weighted by Crippen LogP contribution is 2.50. The highest BCUT2D eigenvalue weighted by molar-refractivity contribution is 7.74. The van der Waals surface area contributed by atoms with Gasteiger partial charge in [-0.05, 0) is 26.7 Å². The zero-order chi connectivity index (χ0) is 15.9. The fraction of sp³-hybridized carbons (Fsp3) is 0.714. The summed E-state index contributed by atoms with van der Waals surface area (Å²) >= 11 is 1.39. The van der Waals surface area contributed by atoms with E-state index in [2.05, 4.69) is 6.92 Å². The Kier molecular flexibility index (Phi) is 7.87. The van der Waals surface area contributed by atoms with Crippen LogP contribution in [-0.4, -0.2) is 26.5 Å². The van der Waals surface area contributed by atoms with Gasteiger partial charge >= 0.3 is 7.60 Å². The lowest BCUT2D eigenvalue weighted by atomic mass is 10.2. The normalized spacial score (nSPS) is 15.0. The van der Waals surface area contributed by atoms with Crippen molar-refractivity contribution in [2.24, 2.45) is 0 Å². The lowest BCUT2D eigenvalue weighted by Crippen LogP contribution is -2.23. The van der Waals surface area contributed by atoms with Crippen LogP contribution in [0.25, 0.3) is 0 Å². The monoisotopic (exact) mass is 352 g/mol. The van der Waals surface area contributed by atoms with Gasteiger partial charge in [0.15, 0.2) is 0 Å². The minimum atomic E-state index is -3.37. The van der Waals surface area contributed by atoms with Crippen molar-refractivity contribution in [2.75, 3.05) is 26.5 Å². The fourth-order valence-electron chi connectivity index (χ4n) is 1.95. The minimum Gasteiger partial charge on any atom is -0.319 e. The average molecular weight is 352 g/mol. The Morgan fingerprint density at radius 1 is 1.00 bits per heavy atom. The van der Waals surface area contributed by atoms with Crippen LogP contribution in [0.3, 0.4) is 0 Å². The zero-order valence-electron chi connectivity index (χ0n) is 13.3. The molecule has 0 fully saturated rings. The number of hydrogen-bond donors (Lipinski definition) is 0. The Hall–Kier alpha value is 0.0800. The molecule has 0 amide bonds. The first-order valence-corrected chi connectivity index (χ1v) is 12.4. The minimum absolute atomic E-state index is 0.305. The molecule has 122 valence electrons. The summed E-state index contributed by atoms with van der Waals surface area (Å²) < 4.78 is 36.4. The highest BCUT2D eigenvalue weighted by Gasteiger charge is 2.34. The van der Waals surface area contributed by atoms with E-state index in [4.69, 9.17) is 9.05 Å². The van der Waals surface area contributed by atoms with Gasteiger partial charge in [0, 0.05) is 16.1 Å². The molecule has 7 heteroatoms. The van der Waals surface area contributed by atoms with Gasteiger partial charge in [0.25, 0.3) is 0 Å². The van der Waals surface area contributed by atoms with E-state index in [9.17, 15) is 9.13 Å². The van der Waals surface area contributed by atoms with Crippen LogP contribution in [-0.2, 0) is 18.2 Å². The lowest BCUT2D eigenvalue weighted by Gasteiger charge is -2.19.